The van der Waals surface area contributed by atoms with E-state index in [2.05, 4.69) is 0 Å². The largest absolute Gasteiger partial charge is 0.508 e. The summed E-state index contributed by atoms with van der Waals surface area (Å²) in [6.45, 7) is 6.04. The Morgan fingerprint density at radius 1 is 1.08 bits per heavy atom. The molecule has 0 saturated carbocycles. The van der Waals surface area contributed by atoms with E-state index >= 15 is 0 Å². The van der Waals surface area contributed by atoms with Crippen LogP contribution in [0.25, 0.3) is 0 Å². The van der Waals surface area contributed by atoms with Crippen LogP contribution in [0.2, 0.25) is 0 Å². The molecule has 66 valence electrons. The molecule has 0 radical (unpaired) electrons. The van der Waals surface area contributed by atoms with Gasteiger partial charge in [-0.15, -0.1) is 0 Å². The van der Waals surface area contributed by atoms with Crippen LogP contribution in [-0.2, 0) is 5.41 Å². The first-order valence-electron chi connectivity index (χ1n) is 3.94. The van der Waals surface area contributed by atoms with Crippen molar-refractivity contribution in [3.63, 3.8) is 0 Å². The van der Waals surface area contributed by atoms with E-state index < -0.39 is 0 Å². The molecule has 0 aliphatic rings. The van der Waals surface area contributed by atoms with Crippen LogP contribution in [0.5, 0.6) is 11.5 Å². The molecule has 1 aromatic rings. The lowest BCUT2D eigenvalue weighted by Gasteiger charge is -2.20. The van der Waals surface area contributed by atoms with Gasteiger partial charge in [0.05, 0.1) is 0 Å². The third-order valence-electron chi connectivity index (χ3n) is 1.79. The molecule has 12 heavy (non-hydrogen) atoms. The van der Waals surface area contributed by atoms with Crippen LogP contribution in [0.15, 0.2) is 18.2 Å². The van der Waals surface area contributed by atoms with E-state index in [0.717, 1.165) is 5.56 Å². The van der Waals surface area contributed by atoms with Crippen molar-refractivity contribution in [2.24, 2.45) is 0 Å². The monoisotopic (exact) mass is 166 g/mol. The second-order valence-corrected chi connectivity index (χ2v) is 3.95. The van der Waals surface area contributed by atoms with Gasteiger partial charge in [-0.1, -0.05) is 26.8 Å². The maximum absolute atomic E-state index is 9.47. The van der Waals surface area contributed by atoms with Gasteiger partial charge in [-0.05, 0) is 17.0 Å². The quantitative estimate of drug-likeness (QED) is 0.621. The van der Waals surface area contributed by atoms with Crippen LogP contribution < -0.4 is 0 Å². The van der Waals surface area contributed by atoms with E-state index in [1.807, 2.05) is 20.8 Å². The zero-order chi connectivity index (χ0) is 9.35. The number of benzene rings is 1. The van der Waals surface area contributed by atoms with Gasteiger partial charge in [0, 0.05) is 6.07 Å². The number of phenols is 2. The van der Waals surface area contributed by atoms with E-state index in [9.17, 15) is 5.11 Å². The van der Waals surface area contributed by atoms with E-state index in [1.54, 1.807) is 12.1 Å². The van der Waals surface area contributed by atoms with Gasteiger partial charge in [-0.25, -0.2) is 0 Å². The van der Waals surface area contributed by atoms with Crippen molar-refractivity contribution in [1.29, 1.82) is 0 Å². The average molecular weight is 166 g/mol. The maximum Gasteiger partial charge on any atom is 0.122 e. The first-order chi connectivity index (χ1) is 5.41. The average Bonchev–Trinajstić information content (AvgIpc) is 1.83. The Bertz CT molecular complexity index is 284. The van der Waals surface area contributed by atoms with Crippen LogP contribution in [-0.4, -0.2) is 10.2 Å². The summed E-state index contributed by atoms with van der Waals surface area (Å²) in [5, 5.41) is 18.5. The molecule has 0 bridgehead atoms. The van der Waals surface area contributed by atoms with E-state index in [4.69, 9.17) is 5.11 Å². The van der Waals surface area contributed by atoms with Crippen molar-refractivity contribution in [3.05, 3.63) is 23.8 Å². The number of hydrogen-bond acceptors (Lipinski definition) is 2. The van der Waals surface area contributed by atoms with Crippen LogP contribution in [0.4, 0.5) is 0 Å². The van der Waals surface area contributed by atoms with Crippen molar-refractivity contribution in [2.75, 3.05) is 0 Å². The Kier molecular flexibility index (Phi) is 2.01. The first kappa shape index (κ1) is 8.91. The summed E-state index contributed by atoms with van der Waals surface area (Å²) in [6, 6.07) is 4.69. The molecule has 0 fully saturated rings. The summed E-state index contributed by atoms with van der Waals surface area (Å²) < 4.78 is 0. The molecule has 2 nitrogen and oxygen atoms in total. The van der Waals surface area contributed by atoms with Gasteiger partial charge in [0.25, 0.3) is 0 Å². The number of aromatic hydroxyl groups is 2. The predicted molar refractivity (Wildman–Crippen MR) is 48.5 cm³/mol. The van der Waals surface area contributed by atoms with E-state index in [0.29, 0.717) is 0 Å². The summed E-state index contributed by atoms with van der Waals surface area (Å²) in [5.41, 5.74) is 0.762. The van der Waals surface area contributed by atoms with Crippen LogP contribution >= 0.6 is 0 Å². The summed E-state index contributed by atoms with van der Waals surface area (Å²) in [5.74, 6) is 0.253. The third-order valence-corrected chi connectivity index (χ3v) is 1.79. The van der Waals surface area contributed by atoms with E-state index in [1.165, 1.54) is 6.07 Å². The molecular formula is C10H14O2. The van der Waals surface area contributed by atoms with E-state index in [-0.39, 0.29) is 16.9 Å². The molecule has 0 atom stereocenters. The minimum Gasteiger partial charge on any atom is -0.508 e. The Morgan fingerprint density at radius 2 is 1.67 bits per heavy atom. The summed E-state index contributed by atoms with van der Waals surface area (Å²) in [4.78, 5) is 0. The molecule has 0 spiro atoms. The summed E-state index contributed by atoms with van der Waals surface area (Å²) in [7, 11) is 0. The highest BCUT2D eigenvalue weighted by atomic mass is 16.3. The second kappa shape index (κ2) is 2.70. The molecule has 0 amide bonds. The van der Waals surface area contributed by atoms with Crippen LogP contribution in [0.1, 0.15) is 26.3 Å². The van der Waals surface area contributed by atoms with Crippen LogP contribution in [0.3, 0.4) is 0 Å². The fourth-order valence-corrected chi connectivity index (χ4v) is 1.15. The van der Waals surface area contributed by atoms with Crippen molar-refractivity contribution < 1.29 is 10.2 Å². The van der Waals surface area contributed by atoms with Gasteiger partial charge in [-0.2, -0.15) is 0 Å². The van der Waals surface area contributed by atoms with Crippen molar-refractivity contribution in [2.45, 2.75) is 26.2 Å². The summed E-state index contributed by atoms with van der Waals surface area (Å²) in [6.07, 6.45) is 0. The molecule has 0 heterocycles. The van der Waals surface area contributed by atoms with Crippen molar-refractivity contribution in [1.82, 2.24) is 0 Å². The standard InChI is InChI=1S/C10H14O2/c1-10(2,3)8-5-4-7(11)6-9(8)12/h4-6,11-12H,1-3H3. The lowest BCUT2D eigenvalue weighted by atomic mass is 9.86. The molecule has 0 saturated heterocycles. The molecule has 0 unspecified atom stereocenters. The Labute approximate surface area is 72.5 Å². The van der Waals surface area contributed by atoms with Gasteiger partial charge in [0.15, 0.2) is 0 Å². The fraction of sp³-hybridized carbons (Fsp3) is 0.400. The molecule has 0 aromatic heterocycles. The Morgan fingerprint density at radius 3 is 2.08 bits per heavy atom. The smallest absolute Gasteiger partial charge is 0.122 e. The molecule has 1 rings (SSSR count). The fourth-order valence-electron chi connectivity index (χ4n) is 1.15. The molecule has 1 aromatic carbocycles. The van der Waals surface area contributed by atoms with Gasteiger partial charge in [-0.3, -0.25) is 0 Å². The first-order valence-corrected chi connectivity index (χ1v) is 3.94. The lowest BCUT2D eigenvalue weighted by Crippen LogP contribution is -2.10. The SMILES string of the molecule is CC(C)(C)c1ccc(O)cc1O. The minimum absolute atomic E-state index is 0.0855. The Balaban J connectivity index is 3.19. The Hall–Kier alpha value is -1.18. The molecule has 0 aliphatic heterocycles. The highest BCUT2D eigenvalue weighted by molar-refractivity contribution is 5.42. The normalized spacial score (nSPS) is 11.6. The highest BCUT2D eigenvalue weighted by Gasteiger charge is 2.17. The number of phenolic OH excluding ortho intramolecular Hbond substituents is 2. The van der Waals surface area contributed by atoms with Gasteiger partial charge in [0.1, 0.15) is 11.5 Å². The summed E-state index contributed by atoms with van der Waals surface area (Å²) >= 11 is 0. The third kappa shape index (κ3) is 1.70. The van der Waals surface area contributed by atoms with Gasteiger partial charge in [0.2, 0.25) is 0 Å². The van der Waals surface area contributed by atoms with Gasteiger partial charge >= 0.3 is 0 Å². The molecule has 2 heteroatoms. The predicted octanol–water partition coefficient (Wildman–Crippen LogP) is 2.40. The molecule has 0 aliphatic carbocycles. The van der Waals surface area contributed by atoms with Crippen molar-refractivity contribution in [3.8, 4) is 11.5 Å². The molecule has 2 N–H and O–H groups in total. The number of hydrogen-bond donors (Lipinski definition) is 2. The minimum atomic E-state index is -0.0855. The number of rotatable bonds is 0. The van der Waals surface area contributed by atoms with Gasteiger partial charge < -0.3 is 10.2 Å². The maximum atomic E-state index is 9.47. The highest BCUT2D eigenvalue weighted by Crippen LogP contribution is 2.32. The zero-order valence-corrected chi connectivity index (χ0v) is 7.63. The van der Waals surface area contributed by atoms with Crippen LogP contribution in [0, 0.1) is 0 Å². The lowest BCUT2D eigenvalue weighted by molar-refractivity contribution is 0.431. The van der Waals surface area contributed by atoms with Crippen molar-refractivity contribution >= 4 is 0 Å². The topological polar surface area (TPSA) is 40.5 Å². The second-order valence-electron chi connectivity index (χ2n) is 3.95. The molecular weight excluding hydrogens is 152 g/mol. The zero-order valence-electron chi connectivity index (χ0n) is 7.63.